The van der Waals surface area contributed by atoms with Crippen LogP contribution in [0.15, 0.2) is 18.2 Å². The number of hydrogen-bond donors (Lipinski definition) is 1. The summed E-state index contributed by atoms with van der Waals surface area (Å²) < 4.78 is 0. The lowest BCUT2D eigenvalue weighted by Crippen LogP contribution is -2.40. The van der Waals surface area contributed by atoms with Gasteiger partial charge < -0.3 is 14.9 Å². The molecule has 2 rings (SSSR count). The highest BCUT2D eigenvalue weighted by molar-refractivity contribution is 5.75. The van der Waals surface area contributed by atoms with Gasteiger partial charge in [0.05, 0.1) is 11.4 Å². The number of hydrogen-bond acceptors (Lipinski definition) is 3. The minimum atomic E-state index is 0.352. The molecule has 1 aliphatic rings. The van der Waals surface area contributed by atoms with E-state index < -0.39 is 0 Å². The molecule has 1 N–H and O–H groups in total. The first-order valence-electron chi connectivity index (χ1n) is 5.59. The summed E-state index contributed by atoms with van der Waals surface area (Å²) in [4.78, 5) is 4.65. The van der Waals surface area contributed by atoms with Crippen LogP contribution in [-0.2, 0) is 0 Å². The normalized spacial score (nSPS) is 15.3. The fraction of sp³-hybridized carbons (Fsp3) is 0.500. The summed E-state index contributed by atoms with van der Waals surface area (Å²) in [5.41, 5.74) is 2.40. The third kappa shape index (κ3) is 1.74. The van der Waals surface area contributed by atoms with Crippen LogP contribution in [0.2, 0.25) is 0 Å². The average molecular weight is 206 g/mol. The molecule has 1 aromatic carbocycles. The van der Waals surface area contributed by atoms with E-state index in [9.17, 15) is 5.11 Å². The van der Waals surface area contributed by atoms with Gasteiger partial charge >= 0.3 is 0 Å². The van der Waals surface area contributed by atoms with Crippen LogP contribution in [-0.4, -0.2) is 31.3 Å². The molecule has 1 aliphatic heterocycles. The van der Waals surface area contributed by atoms with E-state index in [0.717, 1.165) is 31.9 Å². The molecule has 0 aliphatic carbocycles. The Hall–Kier alpha value is -1.38. The molecule has 3 nitrogen and oxygen atoms in total. The van der Waals surface area contributed by atoms with E-state index in [4.69, 9.17) is 0 Å². The van der Waals surface area contributed by atoms with Crippen molar-refractivity contribution in [1.29, 1.82) is 0 Å². The molecule has 0 fully saturated rings. The predicted octanol–water partition coefficient (Wildman–Crippen LogP) is 2.06. The average Bonchev–Trinajstić information content (AvgIpc) is 2.27. The monoisotopic (exact) mass is 206 g/mol. The Bertz CT molecular complexity index is 351. The highest BCUT2D eigenvalue weighted by atomic mass is 16.3. The maximum absolute atomic E-state index is 9.52. The van der Waals surface area contributed by atoms with Gasteiger partial charge in [0.15, 0.2) is 0 Å². The van der Waals surface area contributed by atoms with Gasteiger partial charge in [-0.15, -0.1) is 0 Å². The van der Waals surface area contributed by atoms with Crippen molar-refractivity contribution in [3.05, 3.63) is 18.2 Å². The minimum absolute atomic E-state index is 0.352. The van der Waals surface area contributed by atoms with Crippen LogP contribution in [0.25, 0.3) is 0 Å². The lowest BCUT2D eigenvalue weighted by Gasteiger charge is -2.38. The first kappa shape index (κ1) is 10.1. The van der Waals surface area contributed by atoms with Gasteiger partial charge in [-0.05, 0) is 26.0 Å². The maximum atomic E-state index is 9.52. The van der Waals surface area contributed by atoms with Gasteiger partial charge in [0, 0.05) is 32.2 Å². The summed E-state index contributed by atoms with van der Waals surface area (Å²) in [5, 5.41) is 9.52. The molecular weight excluding hydrogens is 188 g/mol. The number of benzene rings is 1. The Balaban J connectivity index is 2.43. The number of phenolic OH excluding ortho intramolecular Hbond substituents is 1. The van der Waals surface area contributed by atoms with Crippen molar-refractivity contribution in [1.82, 2.24) is 0 Å². The van der Waals surface area contributed by atoms with Gasteiger partial charge in [-0.1, -0.05) is 0 Å². The van der Waals surface area contributed by atoms with Crippen LogP contribution in [0.5, 0.6) is 5.75 Å². The largest absolute Gasteiger partial charge is 0.508 e. The van der Waals surface area contributed by atoms with Crippen LogP contribution < -0.4 is 9.80 Å². The highest BCUT2D eigenvalue weighted by Crippen LogP contribution is 2.35. The van der Waals surface area contributed by atoms with Crippen molar-refractivity contribution < 1.29 is 5.11 Å². The smallest absolute Gasteiger partial charge is 0.117 e. The van der Waals surface area contributed by atoms with E-state index in [-0.39, 0.29) is 0 Å². The Labute approximate surface area is 90.9 Å². The molecule has 1 heterocycles. The number of aromatic hydroxyl groups is 1. The van der Waals surface area contributed by atoms with Gasteiger partial charge in [0.1, 0.15) is 5.75 Å². The van der Waals surface area contributed by atoms with Crippen molar-refractivity contribution in [2.75, 3.05) is 36.0 Å². The van der Waals surface area contributed by atoms with Crippen LogP contribution in [0.4, 0.5) is 11.4 Å². The quantitative estimate of drug-likeness (QED) is 0.802. The lowest BCUT2D eigenvalue weighted by atomic mass is 10.1. The molecule has 0 atom stereocenters. The number of fused-ring (bicyclic) bond motifs is 1. The summed E-state index contributed by atoms with van der Waals surface area (Å²) in [7, 11) is 0. The van der Waals surface area contributed by atoms with Gasteiger partial charge in [-0.2, -0.15) is 0 Å². The molecule has 0 amide bonds. The zero-order valence-electron chi connectivity index (χ0n) is 9.40. The highest BCUT2D eigenvalue weighted by Gasteiger charge is 2.20. The molecular formula is C12H18N2O. The SMILES string of the molecule is CCN1CCN(CC)c2cc(O)ccc21. The molecule has 15 heavy (non-hydrogen) atoms. The Morgan fingerprint density at radius 1 is 1.07 bits per heavy atom. The number of nitrogens with zero attached hydrogens (tertiary/aromatic N) is 2. The second-order valence-electron chi connectivity index (χ2n) is 3.83. The van der Waals surface area contributed by atoms with Crippen LogP contribution in [0.1, 0.15) is 13.8 Å². The van der Waals surface area contributed by atoms with E-state index in [2.05, 4.69) is 23.6 Å². The molecule has 3 heteroatoms. The van der Waals surface area contributed by atoms with E-state index in [1.807, 2.05) is 12.1 Å². The van der Waals surface area contributed by atoms with Gasteiger partial charge in [-0.25, -0.2) is 0 Å². The van der Waals surface area contributed by atoms with E-state index in [1.54, 1.807) is 6.07 Å². The molecule has 1 aromatic rings. The molecule has 0 aromatic heterocycles. The van der Waals surface area contributed by atoms with Crippen LogP contribution in [0.3, 0.4) is 0 Å². The Morgan fingerprint density at radius 2 is 1.67 bits per heavy atom. The predicted molar refractivity (Wildman–Crippen MR) is 63.9 cm³/mol. The molecule has 0 saturated carbocycles. The second kappa shape index (κ2) is 4.01. The molecule has 82 valence electrons. The summed E-state index contributed by atoms with van der Waals surface area (Å²) in [6, 6.07) is 5.64. The summed E-state index contributed by atoms with van der Waals surface area (Å²) in [5.74, 6) is 0.352. The summed E-state index contributed by atoms with van der Waals surface area (Å²) in [6.07, 6.45) is 0. The summed E-state index contributed by atoms with van der Waals surface area (Å²) in [6.45, 7) is 8.44. The fourth-order valence-corrected chi connectivity index (χ4v) is 2.17. The Kier molecular flexibility index (Phi) is 2.71. The zero-order chi connectivity index (χ0) is 10.8. The summed E-state index contributed by atoms with van der Waals surface area (Å²) >= 11 is 0. The molecule has 0 bridgehead atoms. The number of rotatable bonds is 2. The third-order valence-electron chi connectivity index (χ3n) is 3.04. The van der Waals surface area contributed by atoms with Crippen LogP contribution >= 0.6 is 0 Å². The fourth-order valence-electron chi connectivity index (χ4n) is 2.17. The van der Waals surface area contributed by atoms with E-state index >= 15 is 0 Å². The second-order valence-corrected chi connectivity index (χ2v) is 3.83. The zero-order valence-corrected chi connectivity index (χ0v) is 9.40. The molecule has 0 radical (unpaired) electrons. The van der Waals surface area contributed by atoms with Crippen molar-refractivity contribution in [2.45, 2.75) is 13.8 Å². The van der Waals surface area contributed by atoms with Gasteiger partial charge in [0.2, 0.25) is 0 Å². The molecule has 0 saturated heterocycles. The van der Waals surface area contributed by atoms with Crippen molar-refractivity contribution in [2.24, 2.45) is 0 Å². The first-order valence-corrected chi connectivity index (χ1v) is 5.59. The van der Waals surface area contributed by atoms with E-state index in [0.29, 0.717) is 5.75 Å². The molecule has 0 spiro atoms. The van der Waals surface area contributed by atoms with E-state index in [1.165, 1.54) is 5.69 Å². The third-order valence-corrected chi connectivity index (χ3v) is 3.04. The van der Waals surface area contributed by atoms with Crippen molar-refractivity contribution >= 4 is 11.4 Å². The lowest BCUT2D eigenvalue weighted by molar-refractivity contribution is 0.475. The van der Waals surface area contributed by atoms with Crippen LogP contribution in [0, 0.1) is 0 Å². The minimum Gasteiger partial charge on any atom is -0.508 e. The number of anilines is 2. The van der Waals surface area contributed by atoms with Gasteiger partial charge in [-0.3, -0.25) is 0 Å². The molecule has 0 unspecified atom stereocenters. The van der Waals surface area contributed by atoms with Crippen molar-refractivity contribution in [3.63, 3.8) is 0 Å². The van der Waals surface area contributed by atoms with Gasteiger partial charge in [0.25, 0.3) is 0 Å². The topological polar surface area (TPSA) is 26.7 Å². The number of phenols is 1. The maximum Gasteiger partial charge on any atom is 0.117 e. The van der Waals surface area contributed by atoms with Crippen molar-refractivity contribution in [3.8, 4) is 5.75 Å². The number of likely N-dealkylation sites (N-methyl/N-ethyl adjacent to an activating group) is 2. The first-order chi connectivity index (χ1) is 7.26. The standard InChI is InChI=1S/C12H18N2O/c1-3-13-7-8-14(4-2)12-9-10(15)5-6-11(12)13/h5-6,9,15H,3-4,7-8H2,1-2H3. The Morgan fingerprint density at radius 3 is 2.27 bits per heavy atom.